The normalized spacial score (nSPS) is 21.8. The number of aromatic nitrogens is 1. The first kappa shape index (κ1) is 12.7. The monoisotopic (exact) mass is 254 g/mol. The van der Waals surface area contributed by atoms with E-state index in [1.165, 1.54) is 0 Å². The van der Waals surface area contributed by atoms with Crippen LogP contribution in [0.4, 0.5) is 5.69 Å². The van der Waals surface area contributed by atoms with E-state index in [0.717, 1.165) is 0 Å². The van der Waals surface area contributed by atoms with Crippen molar-refractivity contribution in [3.63, 3.8) is 0 Å². The molecule has 0 spiro atoms. The third-order valence-corrected chi connectivity index (χ3v) is 3.65. The van der Waals surface area contributed by atoms with Crippen LogP contribution in [0.15, 0.2) is 12.3 Å². The molecule has 0 aliphatic carbocycles. The Balaban J connectivity index is 2.32. The van der Waals surface area contributed by atoms with Crippen LogP contribution >= 0.6 is 11.6 Å². The second kappa shape index (κ2) is 3.87. The van der Waals surface area contributed by atoms with Crippen molar-refractivity contribution >= 4 is 29.9 Å². The number of anilines is 1. The number of hydrogen-bond acceptors (Lipinski definition) is 4. The van der Waals surface area contributed by atoms with Gasteiger partial charge in [0.25, 0.3) is 0 Å². The quantitative estimate of drug-likeness (QED) is 0.611. The van der Waals surface area contributed by atoms with Crippen molar-refractivity contribution < 1.29 is 9.31 Å². The fourth-order valence-electron chi connectivity index (χ4n) is 1.62. The second-order valence-corrected chi connectivity index (χ2v) is 5.61. The van der Waals surface area contributed by atoms with E-state index in [1.54, 1.807) is 12.3 Å². The fourth-order valence-corrected chi connectivity index (χ4v) is 1.79. The van der Waals surface area contributed by atoms with Crippen molar-refractivity contribution in [2.24, 2.45) is 0 Å². The maximum Gasteiger partial charge on any atom is 0.498 e. The van der Waals surface area contributed by atoms with E-state index < -0.39 is 7.12 Å². The van der Waals surface area contributed by atoms with E-state index >= 15 is 0 Å². The molecule has 1 saturated heterocycles. The summed E-state index contributed by atoms with van der Waals surface area (Å²) in [7, 11) is -0.496. The van der Waals surface area contributed by atoms with Crippen LogP contribution in [0.1, 0.15) is 27.7 Å². The van der Waals surface area contributed by atoms with E-state index in [0.29, 0.717) is 16.3 Å². The third-order valence-electron chi connectivity index (χ3n) is 3.44. The summed E-state index contributed by atoms with van der Waals surface area (Å²) in [5.41, 5.74) is 6.37. The average molecular weight is 255 g/mol. The standard InChI is InChI=1S/C11H16BClN2O2/c1-10(2)11(3,4)17-12(16-10)7-6-15-9(13)5-8(7)14/h5-6H,1-4H3,(H2,14,15). The molecule has 2 rings (SSSR count). The number of hydrogen-bond donors (Lipinski definition) is 1. The SMILES string of the molecule is CC1(C)OB(c2cnc(Cl)cc2N)OC1(C)C. The maximum atomic E-state index is 5.89. The van der Waals surface area contributed by atoms with Gasteiger partial charge in [-0.3, -0.25) is 0 Å². The van der Waals surface area contributed by atoms with Crippen LogP contribution in [0, 0.1) is 0 Å². The minimum absolute atomic E-state index is 0.364. The van der Waals surface area contributed by atoms with Gasteiger partial charge in [-0.15, -0.1) is 0 Å². The molecule has 0 saturated carbocycles. The van der Waals surface area contributed by atoms with E-state index in [2.05, 4.69) is 4.98 Å². The topological polar surface area (TPSA) is 57.4 Å². The van der Waals surface area contributed by atoms with Crippen molar-refractivity contribution in [1.82, 2.24) is 4.98 Å². The fraction of sp³-hybridized carbons (Fsp3) is 0.545. The number of nitrogen functional groups attached to an aromatic ring is 1. The summed E-state index contributed by atoms with van der Waals surface area (Å²) in [6, 6.07) is 1.60. The molecule has 6 heteroatoms. The minimum Gasteiger partial charge on any atom is -0.399 e. The highest BCUT2D eigenvalue weighted by Crippen LogP contribution is 2.36. The Morgan fingerprint density at radius 1 is 1.24 bits per heavy atom. The first-order chi connectivity index (χ1) is 7.73. The van der Waals surface area contributed by atoms with Crippen LogP contribution in [0.3, 0.4) is 0 Å². The highest BCUT2D eigenvalue weighted by molar-refractivity contribution is 6.63. The molecule has 4 nitrogen and oxygen atoms in total. The smallest absolute Gasteiger partial charge is 0.399 e. The lowest BCUT2D eigenvalue weighted by atomic mass is 9.79. The number of pyridine rings is 1. The molecule has 0 bridgehead atoms. The highest BCUT2D eigenvalue weighted by Gasteiger charge is 2.52. The summed E-state index contributed by atoms with van der Waals surface area (Å²) in [5.74, 6) is 0. The summed E-state index contributed by atoms with van der Waals surface area (Å²) in [6.07, 6.45) is 1.60. The van der Waals surface area contributed by atoms with Crippen LogP contribution in [-0.4, -0.2) is 23.3 Å². The highest BCUT2D eigenvalue weighted by atomic mass is 35.5. The van der Waals surface area contributed by atoms with Crippen molar-refractivity contribution in [2.75, 3.05) is 5.73 Å². The van der Waals surface area contributed by atoms with Gasteiger partial charge in [0.15, 0.2) is 0 Å². The Morgan fingerprint density at radius 3 is 2.24 bits per heavy atom. The number of nitrogens with zero attached hydrogens (tertiary/aromatic N) is 1. The molecule has 17 heavy (non-hydrogen) atoms. The second-order valence-electron chi connectivity index (χ2n) is 5.22. The van der Waals surface area contributed by atoms with Crippen molar-refractivity contribution in [3.05, 3.63) is 17.4 Å². The molecule has 0 unspecified atom stereocenters. The summed E-state index contributed by atoms with van der Waals surface area (Å²) in [6.45, 7) is 7.97. The van der Waals surface area contributed by atoms with Gasteiger partial charge in [0.05, 0.1) is 11.2 Å². The van der Waals surface area contributed by atoms with Crippen LogP contribution < -0.4 is 11.2 Å². The van der Waals surface area contributed by atoms with Gasteiger partial charge in [-0.05, 0) is 33.8 Å². The number of rotatable bonds is 1. The predicted molar refractivity (Wildman–Crippen MR) is 69.4 cm³/mol. The van der Waals surface area contributed by atoms with E-state index in [4.69, 9.17) is 26.6 Å². The van der Waals surface area contributed by atoms with Gasteiger partial charge in [0.1, 0.15) is 5.15 Å². The molecule has 92 valence electrons. The van der Waals surface area contributed by atoms with Gasteiger partial charge in [0, 0.05) is 17.3 Å². The molecule has 0 amide bonds. The molecular formula is C11H16BClN2O2. The first-order valence-corrected chi connectivity index (χ1v) is 5.87. The van der Waals surface area contributed by atoms with Crippen molar-refractivity contribution in [1.29, 1.82) is 0 Å². The van der Waals surface area contributed by atoms with Gasteiger partial charge in [0.2, 0.25) is 0 Å². The van der Waals surface area contributed by atoms with E-state index in [-0.39, 0.29) is 11.2 Å². The third kappa shape index (κ3) is 2.15. The van der Waals surface area contributed by atoms with E-state index in [9.17, 15) is 0 Å². The van der Waals surface area contributed by atoms with Gasteiger partial charge in [-0.25, -0.2) is 4.98 Å². The lowest BCUT2D eigenvalue weighted by Crippen LogP contribution is -2.41. The van der Waals surface area contributed by atoms with Crippen LogP contribution in [-0.2, 0) is 9.31 Å². The molecule has 1 aliphatic rings. The molecule has 0 atom stereocenters. The van der Waals surface area contributed by atoms with Gasteiger partial charge >= 0.3 is 7.12 Å². The van der Waals surface area contributed by atoms with Crippen molar-refractivity contribution in [3.8, 4) is 0 Å². The summed E-state index contributed by atoms with van der Waals surface area (Å²) >= 11 is 5.76. The zero-order valence-electron chi connectivity index (χ0n) is 10.5. The Morgan fingerprint density at radius 2 is 1.76 bits per heavy atom. The molecule has 1 aliphatic heterocycles. The largest absolute Gasteiger partial charge is 0.498 e. The lowest BCUT2D eigenvalue weighted by molar-refractivity contribution is 0.00578. The summed E-state index contributed by atoms with van der Waals surface area (Å²) < 4.78 is 11.8. The number of halogens is 1. The number of nitrogens with two attached hydrogens (primary N) is 1. The van der Waals surface area contributed by atoms with Crippen LogP contribution in [0.25, 0.3) is 0 Å². The molecule has 1 aromatic rings. The maximum absolute atomic E-state index is 5.89. The van der Waals surface area contributed by atoms with Crippen LogP contribution in [0.2, 0.25) is 5.15 Å². The van der Waals surface area contributed by atoms with E-state index in [1.807, 2.05) is 27.7 Å². The molecule has 2 heterocycles. The zero-order chi connectivity index (χ0) is 12.8. The van der Waals surface area contributed by atoms with Gasteiger partial charge < -0.3 is 15.0 Å². The molecule has 1 aromatic heterocycles. The summed E-state index contributed by atoms with van der Waals surface area (Å²) in [4.78, 5) is 4.01. The van der Waals surface area contributed by atoms with Gasteiger partial charge in [-0.2, -0.15) is 0 Å². The Hall–Kier alpha value is -0.775. The Kier molecular flexibility index (Phi) is 2.88. The average Bonchev–Trinajstić information content (AvgIpc) is 2.35. The lowest BCUT2D eigenvalue weighted by Gasteiger charge is -2.32. The Bertz CT molecular complexity index is 435. The minimum atomic E-state index is -0.496. The molecule has 1 fully saturated rings. The molecule has 0 aromatic carbocycles. The summed E-state index contributed by atoms with van der Waals surface area (Å²) in [5, 5.41) is 0.364. The van der Waals surface area contributed by atoms with Crippen molar-refractivity contribution in [2.45, 2.75) is 38.9 Å². The van der Waals surface area contributed by atoms with Gasteiger partial charge in [-0.1, -0.05) is 11.6 Å². The first-order valence-electron chi connectivity index (χ1n) is 5.49. The zero-order valence-corrected chi connectivity index (χ0v) is 11.2. The molecule has 2 N–H and O–H groups in total. The predicted octanol–water partition coefficient (Wildman–Crippen LogP) is 1.62. The van der Waals surface area contributed by atoms with Crippen LogP contribution in [0.5, 0.6) is 0 Å². The molecule has 0 radical (unpaired) electrons. The Labute approximate surface area is 107 Å². The molecular weight excluding hydrogens is 238 g/mol.